The Morgan fingerprint density at radius 2 is 2.25 bits per heavy atom. The summed E-state index contributed by atoms with van der Waals surface area (Å²) in [6, 6.07) is -0.0216. The zero-order valence-corrected chi connectivity index (χ0v) is 12.0. The Balaban J connectivity index is 0.00000225. The number of carbonyl (C=O) groups is 1. The second-order valence-corrected chi connectivity index (χ2v) is 3.54. The molecule has 0 aliphatic carbocycles. The number of amides is 1. The van der Waals surface area contributed by atoms with E-state index in [1.165, 1.54) is 0 Å². The Morgan fingerprint density at radius 3 is 2.75 bits per heavy atom. The van der Waals surface area contributed by atoms with E-state index >= 15 is 0 Å². The molecule has 0 aliphatic rings. The van der Waals surface area contributed by atoms with Crippen LogP contribution in [0.2, 0.25) is 0 Å². The first-order chi connectivity index (χ1) is 7.15. The van der Waals surface area contributed by atoms with E-state index in [0.717, 1.165) is 6.42 Å². The first-order valence-corrected chi connectivity index (χ1v) is 4.93. The largest absolute Gasteiger partial charge is 1.00 e. The van der Waals surface area contributed by atoms with Crippen LogP contribution in [-0.4, -0.2) is 42.8 Å². The standard InChI is InChI=1S/C10H18N3O2.HI/c1-11-6-7-13(9-11)10(14)12(2)5-4-8-15-3;/h6-7,9H,4-5,8H2,1-3H3;1H/q+1;/p-1. The number of carbonyl (C=O) groups excluding carboxylic acids is 1. The number of imidazole rings is 1. The second-order valence-electron chi connectivity index (χ2n) is 3.54. The van der Waals surface area contributed by atoms with Gasteiger partial charge >= 0.3 is 6.03 Å². The van der Waals surface area contributed by atoms with E-state index in [1.54, 1.807) is 36.1 Å². The van der Waals surface area contributed by atoms with E-state index in [0.29, 0.717) is 13.2 Å². The van der Waals surface area contributed by atoms with Gasteiger partial charge in [0.15, 0.2) is 0 Å². The zero-order valence-electron chi connectivity index (χ0n) is 9.89. The fourth-order valence-electron chi connectivity index (χ4n) is 1.30. The maximum atomic E-state index is 11.8. The number of methoxy groups -OCH3 is 1. The molecule has 5 nitrogen and oxygen atoms in total. The summed E-state index contributed by atoms with van der Waals surface area (Å²) in [6.07, 6.45) is 6.18. The number of hydrogen-bond acceptors (Lipinski definition) is 2. The van der Waals surface area contributed by atoms with Crippen molar-refractivity contribution in [2.45, 2.75) is 6.42 Å². The van der Waals surface area contributed by atoms with Gasteiger partial charge in [-0.2, -0.15) is 4.57 Å². The first kappa shape index (κ1) is 15.4. The third kappa shape index (κ3) is 4.48. The highest BCUT2D eigenvalue weighted by Crippen LogP contribution is 1.94. The van der Waals surface area contributed by atoms with Gasteiger partial charge in [-0.25, -0.2) is 9.36 Å². The van der Waals surface area contributed by atoms with Crippen LogP contribution in [0, 0.1) is 0 Å². The molecule has 0 saturated carbocycles. The highest BCUT2D eigenvalue weighted by molar-refractivity contribution is 5.76. The second kappa shape index (κ2) is 7.61. The fourth-order valence-corrected chi connectivity index (χ4v) is 1.30. The molecular weight excluding hydrogens is 321 g/mol. The van der Waals surface area contributed by atoms with Crippen molar-refractivity contribution in [1.82, 2.24) is 9.47 Å². The van der Waals surface area contributed by atoms with Gasteiger partial charge < -0.3 is 33.6 Å². The molecule has 1 aromatic heterocycles. The molecule has 0 spiro atoms. The monoisotopic (exact) mass is 339 g/mol. The summed E-state index contributed by atoms with van der Waals surface area (Å²) in [4.78, 5) is 13.5. The fraction of sp³-hybridized carbons (Fsp3) is 0.600. The molecule has 1 aromatic rings. The minimum absolute atomic E-state index is 0. The Kier molecular flexibility index (Phi) is 7.31. The number of aromatic nitrogens is 2. The van der Waals surface area contributed by atoms with Crippen LogP contribution in [-0.2, 0) is 11.8 Å². The van der Waals surface area contributed by atoms with Crippen molar-refractivity contribution in [3.05, 3.63) is 18.7 Å². The number of hydrogen-bond donors (Lipinski definition) is 0. The first-order valence-electron chi connectivity index (χ1n) is 4.93. The Labute approximate surface area is 113 Å². The van der Waals surface area contributed by atoms with Crippen molar-refractivity contribution >= 4 is 6.03 Å². The predicted molar refractivity (Wildman–Crippen MR) is 55.5 cm³/mol. The average Bonchev–Trinajstić information content (AvgIpc) is 2.64. The topological polar surface area (TPSA) is 38.4 Å². The van der Waals surface area contributed by atoms with Gasteiger partial charge in [-0.05, 0) is 6.42 Å². The van der Waals surface area contributed by atoms with Gasteiger partial charge in [0.05, 0.1) is 7.05 Å². The van der Waals surface area contributed by atoms with Crippen LogP contribution in [0.3, 0.4) is 0 Å². The third-order valence-corrected chi connectivity index (χ3v) is 2.16. The normalized spacial score (nSPS) is 9.69. The maximum Gasteiger partial charge on any atom is 0.415 e. The molecule has 6 heteroatoms. The summed E-state index contributed by atoms with van der Waals surface area (Å²) < 4.78 is 8.33. The molecule has 16 heavy (non-hydrogen) atoms. The minimum Gasteiger partial charge on any atom is -1.00 e. The van der Waals surface area contributed by atoms with Crippen molar-refractivity contribution < 1.29 is 38.1 Å². The summed E-state index contributed by atoms with van der Waals surface area (Å²) in [5.41, 5.74) is 0. The van der Waals surface area contributed by atoms with Gasteiger partial charge in [-0.3, -0.25) is 0 Å². The molecule has 1 rings (SSSR count). The van der Waals surface area contributed by atoms with E-state index in [4.69, 9.17) is 4.74 Å². The molecule has 0 saturated heterocycles. The molecular formula is C10H18IN3O2. The Morgan fingerprint density at radius 1 is 1.56 bits per heavy atom. The van der Waals surface area contributed by atoms with E-state index in [1.807, 2.05) is 17.8 Å². The van der Waals surface area contributed by atoms with Crippen LogP contribution < -0.4 is 28.5 Å². The summed E-state index contributed by atoms with van der Waals surface area (Å²) in [6.45, 7) is 1.38. The van der Waals surface area contributed by atoms with E-state index < -0.39 is 0 Å². The van der Waals surface area contributed by atoms with Gasteiger partial charge in [-0.1, -0.05) is 0 Å². The van der Waals surface area contributed by atoms with Crippen LogP contribution in [0.1, 0.15) is 6.42 Å². The van der Waals surface area contributed by atoms with Crippen LogP contribution in [0.25, 0.3) is 0 Å². The lowest BCUT2D eigenvalue weighted by Crippen LogP contribution is -3.00. The Hall–Kier alpha value is -0.630. The zero-order chi connectivity index (χ0) is 11.3. The third-order valence-electron chi connectivity index (χ3n) is 2.16. The van der Waals surface area contributed by atoms with Gasteiger partial charge in [-0.15, -0.1) is 0 Å². The van der Waals surface area contributed by atoms with Gasteiger partial charge in [0.2, 0.25) is 0 Å². The number of halogens is 1. The summed E-state index contributed by atoms with van der Waals surface area (Å²) >= 11 is 0. The number of rotatable bonds is 4. The highest BCUT2D eigenvalue weighted by atomic mass is 127. The average molecular weight is 339 g/mol. The van der Waals surface area contributed by atoms with Crippen LogP contribution in [0.15, 0.2) is 18.7 Å². The van der Waals surface area contributed by atoms with Crippen molar-refractivity contribution in [1.29, 1.82) is 0 Å². The van der Waals surface area contributed by atoms with Crippen LogP contribution in [0.5, 0.6) is 0 Å². The number of ether oxygens (including phenoxy) is 1. The van der Waals surface area contributed by atoms with E-state index in [9.17, 15) is 4.79 Å². The molecule has 1 amide bonds. The lowest BCUT2D eigenvalue weighted by Gasteiger charge is -2.13. The van der Waals surface area contributed by atoms with Crippen molar-refractivity contribution in [2.24, 2.45) is 7.05 Å². The molecule has 0 aliphatic heterocycles. The molecule has 1 heterocycles. The number of aryl methyl sites for hydroxylation is 1. The maximum absolute atomic E-state index is 11.8. The number of nitrogens with zero attached hydrogens (tertiary/aromatic N) is 3. The van der Waals surface area contributed by atoms with Gasteiger partial charge in [0.25, 0.3) is 6.33 Å². The molecule has 0 fully saturated rings. The summed E-state index contributed by atoms with van der Waals surface area (Å²) in [5, 5.41) is 0. The minimum atomic E-state index is -0.0216. The predicted octanol–water partition coefficient (Wildman–Crippen LogP) is -2.75. The van der Waals surface area contributed by atoms with Gasteiger partial charge in [0, 0.05) is 27.3 Å². The molecule has 0 aromatic carbocycles. The molecule has 0 unspecified atom stereocenters. The molecule has 0 N–H and O–H groups in total. The highest BCUT2D eigenvalue weighted by Gasteiger charge is 2.16. The lowest BCUT2D eigenvalue weighted by molar-refractivity contribution is -0.670. The molecule has 92 valence electrons. The Bertz CT molecular complexity index is 328. The van der Waals surface area contributed by atoms with Crippen molar-refractivity contribution in [2.75, 3.05) is 27.3 Å². The summed E-state index contributed by atoms with van der Waals surface area (Å²) in [5.74, 6) is 0. The van der Waals surface area contributed by atoms with Crippen molar-refractivity contribution in [3.8, 4) is 0 Å². The summed E-state index contributed by atoms with van der Waals surface area (Å²) in [7, 11) is 5.33. The van der Waals surface area contributed by atoms with Crippen LogP contribution in [0.4, 0.5) is 4.79 Å². The van der Waals surface area contributed by atoms with Crippen molar-refractivity contribution in [3.63, 3.8) is 0 Å². The molecule has 0 atom stereocenters. The lowest BCUT2D eigenvalue weighted by atomic mass is 10.4. The smallest absolute Gasteiger partial charge is 0.415 e. The molecule has 0 radical (unpaired) electrons. The van der Waals surface area contributed by atoms with E-state index in [2.05, 4.69) is 0 Å². The SMILES string of the molecule is COCCCN(C)C(=O)n1cc[n+](C)c1.[I-]. The van der Waals surface area contributed by atoms with Gasteiger partial charge in [0.1, 0.15) is 12.4 Å². The quantitative estimate of drug-likeness (QED) is 0.339. The van der Waals surface area contributed by atoms with Crippen LogP contribution >= 0.6 is 0 Å². The van der Waals surface area contributed by atoms with E-state index in [-0.39, 0.29) is 30.0 Å². The molecule has 0 bridgehead atoms.